The third-order valence-electron chi connectivity index (χ3n) is 4.67. The molecule has 104 valence electrons. The van der Waals surface area contributed by atoms with Gasteiger partial charge in [-0.05, 0) is 39.2 Å². The Hall–Kier alpha value is -0.410. The molecule has 3 heteroatoms. The number of ketones is 1. The van der Waals surface area contributed by atoms with Crippen LogP contribution in [0.3, 0.4) is 0 Å². The molecule has 3 nitrogen and oxygen atoms in total. The second-order valence-corrected chi connectivity index (χ2v) is 6.27. The van der Waals surface area contributed by atoms with Gasteiger partial charge in [0.15, 0.2) is 0 Å². The van der Waals surface area contributed by atoms with Crippen molar-refractivity contribution in [2.24, 2.45) is 5.92 Å². The monoisotopic (exact) mass is 253 g/mol. The van der Waals surface area contributed by atoms with E-state index in [-0.39, 0.29) is 5.60 Å². The summed E-state index contributed by atoms with van der Waals surface area (Å²) in [5.41, 5.74) is -0.0505. The molecule has 1 unspecified atom stereocenters. The van der Waals surface area contributed by atoms with Crippen LogP contribution in [0.4, 0.5) is 0 Å². The highest BCUT2D eigenvalue weighted by Gasteiger charge is 2.32. The Bertz CT molecular complexity index is 286. The number of Topliss-reactive ketones (excluding diaryl/α,β-unsaturated/α-hetero) is 1. The molecule has 2 rings (SSSR count). The van der Waals surface area contributed by atoms with Gasteiger partial charge in [0.05, 0.1) is 12.1 Å². The number of nitrogens with zero attached hydrogens (tertiary/aromatic N) is 1. The molecule has 2 aliphatic rings. The number of likely N-dealkylation sites (tertiary alicyclic amines) is 1. The van der Waals surface area contributed by atoms with E-state index < -0.39 is 0 Å². The van der Waals surface area contributed by atoms with E-state index in [1.807, 2.05) is 0 Å². The average molecular weight is 253 g/mol. The maximum Gasteiger partial charge on any atom is 0.149 e. The fraction of sp³-hybridized carbons (Fsp3) is 0.933. The molecule has 18 heavy (non-hydrogen) atoms. The van der Waals surface area contributed by atoms with E-state index in [0.29, 0.717) is 18.2 Å². The third-order valence-corrected chi connectivity index (χ3v) is 4.67. The summed E-state index contributed by atoms with van der Waals surface area (Å²) in [6, 6.07) is 0. The number of piperidine rings is 1. The van der Waals surface area contributed by atoms with Crippen molar-refractivity contribution in [2.45, 2.75) is 57.5 Å². The van der Waals surface area contributed by atoms with Gasteiger partial charge in [-0.15, -0.1) is 0 Å². The first-order chi connectivity index (χ1) is 8.63. The highest BCUT2D eigenvalue weighted by atomic mass is 16.5. The molecule has 0 spiro atoms. The van der Waals surface area contributed by atoms with Gasteiger partial charge in [-0.1, -0.05) is 19.3 Å². The molecule has 1 heterocycles. The standard InChI is InChI=1S/C15H27NO2/c1-15(18-2)9-6-10-16(12-15)11-14(17)13-7-4-3-5-8-13/h13H,3-12H2,1-2H3. The molecule has 1 saturated heterocycles. The van der Waals surface area contributed by atoms with Crippen LogP contribution in [0.2, 0.25) is 0 Å². The van der Waals surface area contributed by atoms with Crippen LogP contribution >= 0.6 is 0 Å². The fourth-order valence-electron chi connectivity index (χ4n) is 3.38. The Morgan fingerprint density at radius 1 is 1.28 bits per heavy atom. The quantitative estimate of drug-likeness (QED) is 0.771. The largest absolute Gasteiger partial charge is 0.377 e. The molecule has 0 amide bonds. The normalized spacial score (nSPS) is 31.4. The summed E-state index contributed by atoms with van der Waals surface area (Å²) in [5, 5.41) is 0. The summed E-state index contributed by atoms with van der Waals surface area (Å²) >= 11 is 0. The van der Waals surface area contributed by atoms with Crippen molar-refractivity contribution in [3.63, 3.8) is 0 Å². The molecular weight excluding hydrogens is 226 g/mol. The molecule has 2 fully saturated rings. The minimum atomic E-state index is -0.0505. The van der Waals surface area contributed by atoms with Crippen molar-refractivity contribution in [1.29, 1.82) is 0 Å². The van der Waals surface area contributed by atoms with Crippen LogP contribution in [0.1, 0.15) is 51.9 Å². The van der Waals surface area contributed by atoms with Gasteiger partial charge in [0.2, 0.25) is 0 Å². The molecule has 0 radical (unpaired) electrons. The fourth-order valence-corrected chi connectivity index (χ4v) is 3.38. The molecule has 0 aromatic carbocycles. The number of carbonyl (C=O) groups excluding carboxylic acids is 1. The van der Waals surface area contributed by atoms with Gasteiger partial charge < -0.3 is 4.74 Å². The lowest BCUT2D eigenvalue weighted by molar-refractivity contribution is -0.127. The molecular formula is C15H27NO2. The Kier molecular flexibility index (Phi) is 4.79. The number of rotatable bonds is 4. The Labute approximate surface area is 111 Å². The van der Waals surface area contributed by atoms with Crippen molar-refractivity contribution in [1.82, 2.24) is 4.90 Å². The zero-order valence-electron chi connectivity index (χ0n) is 11.9. The number of hydrogen-bond acceptors (Lipinski definition) is 3. The molecule has 0 bridgehead atoms. The lowest BCUT2D eigenvalue weighted by Gasteiger charge is -2.39. The van der Waals surface area contributed by atoms with Crippen molar-refractivity contribution >= 4 is 5.78 Å². The van der Waals surface area contributed by atoms with Crippen molar-refractivity contribution in [2.75, 3.05) is 26.7 Å². The van der Waals surface area contributed by atoms with Gasteiger partial charge in [-0.2, -0.15) is 0 Å². The van der Waals surface area contributed by atoms with E-state index in [4.69, 9.17) is 4.74 Å². The molecule has 1 atom stereocenters. The van der Waals surface area contributed by atoms with Gasteiger partial charge in [0.1, 0.15) is 5.78 Å². The van der Waals surface area contributed by atoms with E-state index in [0.717, 1.165) is 38.8 Å². The van der Waals surface area contributed by atoms with Gasteiger partial charge >= 0.3 is 0 Å². The lowest BCUT2D eigenvalue weighted by Crippen LogP contribution is -2.49. The second-order valence-electron chi connectivity index (χ2n) is 6.27. The topological polar surface area (TPSA) is 29.5 Å². The first-order valence-corrected chi connectivity index (χ1v) is 7.43. The number of hydrogen-bond donors (Lipinski definition) is 0. The van der Waals surface area contributed by atoms with Crippen LogP contribution < -0.4 is 0 Å². The summed E-state index contributed by atoms with van der Waals surface area (Å²) in [6.45, 7) is 4.76. The summed E-state index contributed by atoms with van der Waals surface area (Å²) in [4.78, 5) is 14.6. The minimum absolute atomic E-state index is 0.0505. The Morgan fingerprint density at radius 2 is 2.00 bits per heavy atom. The Morgan fingerprint density at radius 3 is 2.67 bits per heavy atom. The SMILES string of the molecule is COC1(C)CCCN(CC(=O)C2CCCCC2)C1. The smallest absolute Gasteiger partial charge is 0.149 e. The maximum absolute atomic E-state index is 12.3. The van der Waals surface area contributed by atoms with E-state index in [9.17, 15) is 4.79 Å². The van der Waals surface area contributed by atoms with Crippen molar-refractivity contribution in [3.8, 4) is 0 Å². The summed E-state index contributed by atoms with van der Waals surface area (Å²) < 4.78 is 5.58. The van der Waals surface area contributed by atoms with Crippen molar-refractivity contribution in [3.05, 3.63) is 0 Å². The zero-order chi connectivity index (χ0) is 13.0. The average Bonchev–Trinajstić information content (AvgIpc) is 2.40. The van der Waals surface area contributed by atoms with Crippen LogP contribution in [-0.4, -0.2) is 43.0 Å². The van der Waals surface area contributed by atoms with Crippen molar-refractivity contribution < 1.29 is 9.53 Å². The first-order valence-electron chi connectivity index (χ1n) is 7.43. The highest BCUT2D eigenvalue weighted by Crippen LogP contribution is 2.27. The van der Waals surface area contributed by atoms with E-state index >= 15 is 0 Å². The lowest BCUT2D eigenvalue weighted by atomic mass is 9.85. The van der Waals surface area contributed by atoms with Crippen LogP contribution in [0.5, 0.6) is 0 Å². The van der Waals surface area contributed by atoms with Gasteiger partial charge in [-0.3, -0.25) is 9.69 Å². The highest BCUT2D eigenvalue weighted by molar-refractivity contribution is 5.83. The molecule has 1 aliphatic heterocycles. The predicted molar refractivity (Wildman–Crippen MR) is 72.7 cm³/mol. The van der Waals surface area contributed by atoms with Gasteiger partial charge in [0.25, 0.3) is 0 Å². The van der Waals surface area contributed by atoms with Gasteiger partial charge in [-0.25, -0.2) is 0 Å². The molecule has 1 saturated carbocycles. The molecule has 1 aliphatic carbocycles. The summed E-state index contributed by atoms with van der Waals surface area (Å²) in [5.74, 6) is 0.810. The minimum Gasteiger partial charge on any atom is -0.377 e. The number of methoxy groups -OCH3 is 1. The number of ether oxygens (including phenoxy) is 1. The van der Waals surface area contributed by atoms with Crippen LogP contribution in [-0.2, 0) is 9.53 Å². The Balaban J connectivity index is 1.83. The van der Waals surface area contributed by atoms with Gasteiger partial charge in [0, 0.05) is 19.6 Å². The van der Waals surface area contributed by atoms with E-state index in [1.165, 1.54) is 19.3 Å². The third kappa shape index (κ3) is 3.55. The zero-order valence-corrected chi connectivity index (χ0v) is 11.9. The van der Waals surface area contributed by atoms with Crippen LogP contribution in [0.15, 0.2) is 0 Å². The first kappa shape index (κ1) is 14.0. The maximum atomic E-state index is 12.3. The number of carbonyl (C=O) groups is 1. The summed E-state index contributed by atoms with van der Waals surface area (Å²) in [7, 11) is 1.78. The van der Waals surface area contributed by atoms with E-state index in [1.54, 1.807) is 7.11 Å². The van der Waals surface area contributed by atoms with Crippen LogP contribution in [0, 0.1) is 5.92 Å². The second kappa shape index (κ2) is 6.16. The predicted octanol–water partition coefficient (Wildman–Crippen LogP) is 2.64. The molecule has 0 N–H and O–H groups in total. The van der Waals surface area contributed by atoms with Crippen LogP contribution in [0.25, 0.3) is 0 Å². The molecule has 0 aromatic heterocycles. The summed E-state index contributed by atoms with van der Waals surface area (Å²) in [6.07, 6.45) is 8.29. The molecule has 0 aromatic rings. The van der Waals surface area contributed by atoms with E-state index in [2.05, 4.69) is 11.8 Å².